The van der Waals surface area contributed by atoms with Gasteiger partial charge in [0.05, 0.1) is 18.1 Å². The molecule has 1 rings (SSSR count). The molecule has 0 N–H and O–H groups in total. The van der Waals surface area contributed by atoms with Gasteiger partial charge in [0.2, 0.25) is 7.51 Å². The van der Waals surface area contributed by atoms with E-state index in [1.807, 2.05) is 0 Å². The number of rotatable bonds is 10. The second-order valence-electron chi connectivity index (χ2n) is 6.37. The number of aryl methyl sites for hydroxylation is 1. The Balaban J connectivity index is 3.59. The molecule has 0 aliphatic heterocycles. The summed E-state index contributed by atoms with van der Waals surface area (Å²) in [6, 6.07) is 5.82. The molecule has 1 aromatic carbocycles. The van der Waals surface area contributed by atoms with E-state index in [0.29, 0.717) is 0 Å². The molecule has 0 atom stereocenters. The molecule has 14 heteroatoms. The highest BCUT2D eigenvalue weighted by Gasteiger charge is 2.45. The van der Waals surface area contributed by atoms with E-state index in [4.69, 9.17) is 9.05 Å². The molecule has 0 aliphatic carbocycles. The summed E-state index contributed by atoms with van der Waals surface area (Å²) in [6.45, 7) is 4.72. The third-order valence-electron chi connectivity index (χ3n) is 3.01. The van der Waals surface area contributed by atoms with Gasteiger partial charge in [0.25, 0.3) is 10.0 Å². The highest BCUT2D eigenvalue weighted by atomic mass is 35.7. The second kappa shape index (κ2) is 8.76. The summed E-state index contributed by atoms with van der Waals surface area (Å²) in [5.41, 5.74) is -0.000983. The van der Waals surface area contributed by atoms with Crippen molar-refractivity contribution in [2.45, 2.75) is 25.7 Å². The third-order valence-corrected chi connectivity index (χ3v) is 13.5. The molecule has 28 heavy (non-hydrogen) atoms. The number of nitrogens with zero attached hydrogens (tertiary/aromatic N) is 1. The predicted molar refractivity (Wildman–Crippen MR) is 96.9 cm³/mol. The average Bonchev–Trinajstić information content (AvgIpc) is 2.43. The summed E-state index contributed by atoms with van der Waals surface area (Å²) in [4.78, 5) is -0.145. The fraction of sp³-hybridized carbons (Fsp3) is 0.571. The lowest BCUT2D eigenvalue weighted by atomic mass is 10.2. The Kier molecular flexibility index (Phi) is 8.02. The van der Waals surface area contributed by atoms with Crippen LogP contribution < -0.4 is 14.0 Å². The van der Waals surface area contributed by atoms with E-state index in [0.717, 1.165) is 18.1 Å². The summed E-state index contributed by atoms with van der Waals surface area (Å²) in [7, 11) is -17.9. The lowest BCUT2D eigenvalue weighted by molar-refractivity contribution is -1.91. The molecule has 0 radical (unpaired) electrons. The van der Waals surface area contributed by atoms with E-state index in [2.05, 4.69) is 7.89 Å². The van der Waals surface area contributed by atoms with Crippen LogP contribution in [0, 0.1) is 17.2 Å². The summed E-state index contributed by atoms with van der Waals surface area (Å²) in [5.74, 6) is 0. The summed E-state index contributed by atoms with van der Waals surface area (Å²) < 4.78 is 90.5. The van der Waals surface area contributed by atoms with Crippen molar-refractivity contribution in [3.8, 4) is 0 Å². The highest BCUT2D eigenvalue weighted by molar-refractivity contribution is 8.18. The summed E-state index contributed by atoms with van der Waals surface area (Å²) in [6.07, 6.45) is 1.78. The van der Waals surface area contributed by atoms with Gasteiger partial charge < -0.3 is 9.05 Å². The van der Waals surface area contributed by atoms with Crippen LogP contribution in [-0.4, -0.2) is 43.8 Å². The van der Waals surface area contributed by atoms with E-state index in [1.54, 1.807) is 19.1 Å². The lowest BCUT2D eigenvalue weighted by Crippen LogP contribution is -2.65. The standard InChI is InChI=1S/C14H25ClNO9PS2/c1-6-23-26(24-7-2,12-28(4,5,22)25-15(17,18)19)16-27(20,21)14-10-8-13(3)9-11-14/h8-11H,6-7,12H2,1-5H3. The lowest BCUT2D eigenvalue weighted by Gasteiger charge is -2.37. The number of halogens is 1. The van der Waals surface area contributed by atoms with Gasteiger partial charge in [-0.15, -0.1) is 4.15 Å². The molecule has 0 aromatic heterocycles. The smallest absolute Gasteiger partial charge is 0.285 e. The maximum atomic E-state index is 13.0. The van der Waals surface area contributed by atoms with Gasteiger partial charge in [-0.05, 0) is 32.9 Å². The molecular formula is C14H25ClNO9PS2. The van der Waals surface area contributed by atoms with Gasteiger partial charge in [-0.2, -0.15) is 26.6 Å². The fourth-order valence-corrected chi connectivity index (χ4v) is 13.0. The minimum absolute atomic E-state index is 0.0640. The minimum Gasteiger partial charge on any atom is -0.322 e. The largest absolute Gasteiger partial charge is 0.322 e. The number of benzene rings is 1. The molecule has 0 amide bonds. The van der Waals surface area contributed by atoms with Crippen molar-refractivity contribution in [1.29, 1.82) is 0 Å². The van der Waals surface area contributed by atoms with Crippen molar-refractivity contribution >= 4 is 26.9 Å². The van der Waals surface area contributed by atoms with E-state index in [-0.39, 0.29) is 18.1 Å². The van der Waals surface area contributed by atoms with Crippen molar-refractivity contribution in [3.63, 3.8) is 0 Å². The Labute approximate surface area is 167 Å². The molecule has 0 bridgehead atoms. The van der Waals surface area contributed by atoms with Gasteiger partial charge in [0, 0.05) is 12.5 Å². The van der Waals surface area contributed by atoms with Crippen LogP contribution in [-0.2, 0) is 32.2 Å². The Morgan fingerprint density at radius 3 is 1.93 bits per heavy atom. The molecule has 1 aromatic rings. The zero-order valence-corrected chi connectivity index (χ0v) is 19.5. The van der Waals surface area contributed by atoms with E-state index < -0.39 is 42.6 Å². The van der Waals surface area contributed by atoms with Gasteiger partial charge in [0.1, 0.15) is 15.7 Å². The van der Waals surface area contributed by atoms with Crippen molar-refractivity contribution in [2.24, 2.45) is 4.15 Å². The van der Waals surface area contributed by atoms with Gasteiger partial charge in [0.15, 0.2) is 3.74 Å². The van der Waals surface area contributed by atoms with Crippen molar-refractivity contribution in [3.05, 3.63) is 29.8 Å². The highest BCUT2D eigenvalue weighted by Crippen LogP contribution is 2.58. The topological polar surface area (TPSA) is 160 Å². The van der Waals surface area contributed by atoms with Crippen LogP contribution >= 0.6 is 7.51 Å². The number of sulfonamides is 1. The zero-order valence-electron chi connectivity index (χ0n) is 16.2. The minimum atomic E-state index is -5.04. The van der Waals surface area contributed by atoms with Crippen molar-refractivity contribution in [1.82, 2.24) is 0 Å². The molecular weight excluding hydrogens is 457 g/mol. The first-order chi connectivity index (χ1) is 12.5. The quantitative estimate of drug-likeness (QED) is 0.407. The molecule has 0 unspecified atom stereocenters. The zero-order chi connectivity index (χ0) is 21.9. The van der Waals surface area contributed by atoms with E-state index >= 15 is 0 Å². The molecule has 0 aliphatic rings. The normalized spacial score (nSPS) is 15.1. The van der Waals surface area contributed by atoms with Gasteiger partial charge >= 0.3 is 0 Å². The van der Waals surface area contributed by atoms with E-state index in [1.165, 1.54) is 26.0 Å². The van der Waals surface area contributed by atoms with Crippen LogP contribution in [0.2, 0.25) is 0 Å². The van der Waals surface area contributed by atoms with Gasteiger partial charge in [-0.3, -0.25) is 0 Å². The first kappa shape index (κ1) is 25.6. The van der Waals surface area contributed by atoms with Crippen molar-refractivity contribution < 1.29 is 49.6 Å². The third kappa shape index (κ3) is 8.15. The Morgan fingerprint density at radius 1 is 1.07 bits per heavy atom. The predicted octanol–water partition coefficient (Wildman–Crippen LogP) is -0.346. The monoisotopic (exact) mass is 481 g/mol. The first-order valence-corrected chi connectivity index (χ1v) is 15.3. The van der Waals surface area contributed by atoms with Crippen LogP contribution in [0.15, 0.2) is 33.3 Å². The Bertz CT molecular complexity index is 894. The Hall–Kier alpha value is -0.400. The van der Waals surface area contributed by atoms with Gasteiger partial charge in [-0.25, -0.2) is 0 Å². The van der Waals surface area contributed by atoms with Crippen LogP contribution in [0.3, 0.4) is 0 Å². The number of hydrogen-bond donors (Lipinski definition) is 0. The molecule has 0 saturated carbocycles. The van der Waals surface area contributed by atoms with Crippen LogP contribution in [0.1, 0.15) is 19.4 Å². The molecule has 164 valence electrons. The number of hydrogen-bond acceptors (Lipinski definition) is 9. The van der Waals surface area contributed by atoms with Crippen LogP contribution in [0.5, 0.6) is 0 Å². The van der Waals surface area contributed by atoms with Gasteiger partial charge in [-0.1, -0.05) is 27.0 Å². The maximum Gasteiger partial charge on any atom is 0.285 e. The fourth-order valence-electron chi connectivity index (χ4n) is 2.23. The van der Waals surface area contributed by atoms with Crippen LogP contribution in [0.25, 0.3) is 0 Å². The SMILES string of the molecule is CCOP(CS(C)(C)(=O)O[Cl+3]([O-])([O-])[O-])(=NS(=O)(=O)c1ccc(C)cc1)OCC. The van der Waals surface area contributed by atoms with Crippen molar-refractivity contribution in [2.75, 3.05) is 31.2 Å². The average molecular weight is 482 g/mol. The first-order valence-electron chi connectivity index (χ1n) is 7.97. The second-order valence-corrected chi connectivity index (χ2v) is 16.4. The maximum absolute atomic E-state index is 13.0. The molecule has 10 nitrogen and oxygen atoms in total. The molecule has 0 saturated heterocycles. The van der Waals surface area contributed by atoms with E-state index in [9.17, 15) is 26.6 Å². The van der Waals surface area contributed by atoms with Crippen LogP contribution in [0.4, 0.5) is 0 Å². The Morgan fingerprint density at radius 2 is 1.54 bits per heavy atom. The molecule has 0 spiro atoms. The summed E-state index contributed by atoms with van der Waals surface area (Å²) in [5, 5.41) is 0. The summed E-state index contributed by atoms with van der Waals surface area (Å²) >= 11 is 0. The molecule has 0 fully saturated rings. The molecule has 0 heterocycles.